The number of hydrogen-bond donors (Lipinski definition) is 4. The van der Waals surface area contributed by atoms with E-state index in [2.05, 4.69) is 25.4 Å². The van der Waals surface area contributed by atoms with Gasteiger partial charge in [0.1, 0.15) is 29.0 Å². The number of fused-ring (bicyclic) bond motifs is 2. The average molecular weight is 806 g/mol. The highest BCUT2D eigenvalue weighted by atomic mass is 32.5. The molecular formula is C34H32F5N9O7S. The average Bonchev–Trinajstić information content (AvgIpc) is 3.71. The number of anilines is 2. The number of furan rings is 1. The fraction of sp³-hybridized carbons (Fsp3) is 0.265. The van der Waals surface area contributed by atoms with Crippen LogP contribution in [-0.2, 0) is 17.8 Å². The van der Waals surface area contributed by atoms with Gasteiger partial charge in [0, 0.05) is 37.4 Å². The summed E-state index contributed by atoms with van der Waals surface area (Å²) in [6.07, 6.45) is 1.31. The number of nitrogens with one attached hydrogen (secondary N) is 1. The smallest absolute Gasteiger partial charge is 0.327 e. The lowest BCUT2D eigenvalue weighted by atomic mass is 10.1. The van der Waals surface area contributed by atoms with Gasteiger partial charge in [0.05, 0.1) is 16.8 Å². The highest BCUT2D eigenvalue weighted by molar-refractivity contribution is 8.45. The van der Waals surface area contributed by atoms with Crippen LogP contribution >= 0.6 is 10.2 Å². The fourth-order valence-electron chi connectivity index (χ4n) is 6.52. The minimum Gasteiger partial charge on any atom is -0.504 e. The van der Waals surface area contributed by atoms with Crippen molar-refractivity contribution in [1.29, 1.82) is 0 Å². The zero-order chi connectivity index (χ0) is 40.5. The van der Waals surface area contributed by atoms with Crippen molar-refractivity contribution in [1.82, 2.24) is 34.0 Å². The van der Waals surface area contributed by atoms with E-state index in [-0.39, 0.29) is 107 Å². The first-order valence-electron chi connectivity index (χ1n) is 16.8. The number of rotatable bonds is 8. The molecular weight excluding hydrogens is 773 g/mol. The highest BCUT2D eigenvalue weighted by Gasteiger charge is 2.65. The minimum atomic E-state index is -10.00. The standard InChI is InChI=1S/C34H32F5N9O7S/c1-4-23-27(45-9-11-46(12-10-45)31(52)26-28(50)18(3)40-16-41-26)32(53)48-34(43-30(44-48)19-5-8-24-21(14-19)29(51)33(54)55-24)47(23)15-25(49)42-22-7-6-20(13-17(22)2)56(35,36,37,38)39/h5-8,13-14,16,50-51,54H,4,9-12,15H2,1-3H3,(H,42,49). The fourth-order valence-corrected chi connectivity index (χ4v) is 7.24. The van der Waals surface area contributed by atoms with Crippen molar-refractivity contribution in [2.45, 2.75) is 38.6 Å². The van der Waals surface area contributed by atoms with Crippen molar-refractivity contribution in [2.24, 2.45) is 0 Å². The molecule has 5 heterocycles. The number of halogens is 5. The van der Waals surface area contributed by atoms with Gasteiger partial charge in [-0.3, -0.25) is 14.4 Å². The van der Waals surface area contributed by atoms with E-state index in [9.17, 15) is 49.1 Å². The summed E-state index contributed by atoms with van der Waals surface area (Å²) in [7, 11) is -10.00. The third-order valence-corrected chi connectivity index (χ3v) is 10.5. The number of nitrogens with zero attached hydrogens (tertiary/aromatic N) is 8. The van der Waals surface area contributed by atoms with Crippen LogP contribution < -0.4 is 15.8 Å². The number of aryl methyl sites for hydroxylation is 2. The number of benzene rings is 2. The van der Waals surface area contributed by atoms with Crippen LogP contribution in [0, 0.1) is 13.8 Å². The summed E-state index contributed by atoms with van der Waals surface area (Å²) in [5, 5.41) is 37.5. The Morgan fingerprint density at radius 3 is 2.32 bits per heavy atom. The molecule has 16 nitrogen and oxygen atoms in total. The van der Waals surface area contributed by atoms with Crippen LogP contribution in [-0.4, -0.2) is 87.3 Å². The van der Waals surface area contributed by atoms with Gasteiger partial charge in [-0.1, -0.05) is 26.4 Å². The summed E-state index contributed by atoms with van der Waals surface area (Å²) in [6, 6.07) is 5.53. The van der Waals surface area contributed by atoms with Gasteiger partial charge in [0.2, 0.25) is 17.4 Å². The SMILES string of the molecule is CCc1c(N2CCN(C(=O)c3ncnc(C)c3O)CC2)c(=O)n2nc(-c3ccc4oc(O)c(O)c4c3)nc2n1CC(=O)Nc1ccc(S(F)(F)(F)(F)F)cc1C. The maximum Gasteiger partial charge on any atom is 0.327 e. The maximum absolute atomic E-state index is 14.3. The molecule has 4 aromatic heterocycles. The molecule has 2 amide bonds. The van der Waals surface area contributed by atoms with Gasteiger partial charge in [-0.15, -0.1) is 5.10 Å². The Kier molecular flexibility index (Phi) is 8.48. The topological polar surface area (TPSA) is 204 Å². The van der Waals surface area contributed by atoms with Gasteiger partial charge >= 0.3 is 16.2 Å². The Morgan fingerprint density at radius 1 is 0.946 bits per heavy atom. The second-order valence-electron chi connectivity index (χ2n) is 13.1. The van der Waals surface area contributed by atoms with E-state index in [4.69, 9.17) is 4.42 Å². The molecule has 6 aromatic rings. The Morgan fingerprint density at radius 2 is 1.66 bits per heavy atom. The van der Waals surface area contributed by atoms with Crippen molar-refractivity contribution < 1.29 is 48.8 Å². The van der Waals surface area contributed by atoms with Gasteiger partial charge in [-0.25, -0.2) is 9.97 Å². The molecule has 2 aromatic carbocycles. The quantitative estimate of drug-likeness (QED) is 0.138. The van der Waals surface area contributed by atoms with Crippen LogP contribution in [0.1, 0.15) is 34.4 Å². The first-order valence-corrected chi connectivity index (χ1v) is 18.8. The molecule has 0 saturated carbocycles. The van der Waals surface area contributed by atoms with Crippen molar-refractivity contribution in [3.63, 3.8) is 0 Å². The molecule has 0 aliphatic carbocycles. The maximum atomic E-state index is 14.3. The Hall–Kier alpha value is -6.45. The van der Waals surface area contributed by atoms with E-state index in [0.29, 0.717) is 5.69 Å². The molecule has 56 heavy (non-hydrogen) atoms. The molecule has 0 spiro atoms. The van der Waals surface area contributed by atoms with E-state index in [1.54, 1.807) is 11.8 Å². The van der Waals surface area contributed by atoms with Gasteiger partial charge in [0.15, 0.2) is 17.3 Å². The molecule has 0 atom stereocenters. The number of aromatic nitrogens is 6. The molecule has 22 heteroatoms. The number of carbonyl (C=O) groups excluding carboxylic acids is 2. The van der Waals surface area contributed by atoms with Crippen LogP contribution in [0.15, 0.2) is 56.8 Å². The lowest BCUT2D eigenvalue weighted by molar-refractivity contribution is -0.116. The lowest BCUT2D eigenvalue weighted by Gasteiger charge is -2.40. The number of piperazine rings is 1. The molecule has 1 fully saturated rings. The predicted octanol–water partition coefficient (Wildman–Crippen LogP) is 5.65. The number of amides is 2. The third-order valence-electron chi connectivity index (χ3n) is 9.37. The Balaban J connectivity index is 1.28. The van der Waals surface area contributed by atoms with Crippen molar-refractivity contribution in [3.8, 4) is 28.8 Å². The molecule has 1 aliphatic rings. The summed E-state index contributed by atoms with van der Waals surface area (Å²) in [6.45, 7) is 4.23. The molecule has 0 unspecified atom stereocenters. The van der Waals surface area contributed by atoms with Gasteiger partial charge in [-0.2, -0.15) is 9.50 Å². The summed E-state index contributed by atoms with van der Waals surface area (Å²) in [5.41, 5.74) is -0.201. The van der Waals surface area contributed by atoms with E-state index in [1.807, 2.05) is 0 Å². The first-order chi connectivity index (χ1) is 26.1. The van der Waals surface area contributed by atoms with Gasteiger partial charge in [-0.05, 0) is 62.2 Å². The van der Waals surface area contributed by atoms with Crippen LogP contribution in [0.25, 0.3) is 28.1 Å². The predicted molar refractivity (Wildman–Crippen MR) is 193 cm³/mol. The Bertz CT molecular complexity index is 2680. The molecule has 296 valence electrons. The number of carbonyl (C=O) groups is 2. The van der Waals surface area contributed by atoms with E-state index >= 15 is 0 Å². The largest absolute Gasteiger partial charge is 0.504 e. The van der Waals surface area contributed by atoms with Crippen molar-refractivity contribution in [3.05, 3.63) is 75.7 Å². The zero-order valence-corrected chi connectivity index (χ0v) is 30.5. The zero-order valence-electron chi connectivity index (χ0n) is 29.6. The molecule has 1 aliphatic heterocycles. The molecule has 7 rings (SSSR count). The van der Waals surface area contributed by atoms with Crippen LogP contribution in [0.2, 0.25) is 0 Å². The summed E-state index contributed by atoms with van der Waals surface area (Å²) < 4.78 is 74.8. The monoisotopic (exact) mass is 805 g/mol. The molecule has 4 N–H and O–H groups in total. The van der Waals surface area contributed by atoms with Gasteiger partial charge < -0.3 is 39.4 Å². The summed E-state index contributed by atoms with van der Waals surface area (Å²) in [4.78, 5) is 54.6. The van der Waals surface area contributed by atoms with Crippen LogP contribution in [0.3, 0.4) is 0 Å². The second kappa shape index (κ2) is 12.5. The van der Waals surface area contributed by atoms with E-state index < -0.39 is 50.7 Å². The van der Waals surface area contributed by atoms with Crippen molar-refractivity contribution in [2.75, 3.05) is 36.4 Å². The first kappa shape index (κ1) is 37.8. The second-order valence-corrected chi connectivity index (χ2v) is 15.5. The van der Waals surface area contributed by atoms with E-state index in [0.717, 1.165) is 23.8 Å². The normalized spacial score (nSPS) is 14.9. The molecule has 1 saturated heterocycles. The lowest BCUT2D eigenvalue weighted by Crippen LogP contribution is -2.51. The molecule has 0 bridgehead atoms. The van der Waals surface area contributed by atoms with Crippen LogP contribution in [0.4, 0.5) is 30.8 Å². The molecule has 0 radical (unpaired) electrons. The Labute approximate surface area is 312 Å². The van der Waals surface area contributed by atoms with Crippen LogP contribution in [0.5, 0.6) is 17.4 Å². The van der Waals surface area contributed by atoms with Gasteiger partial charge in [0.25, 0.3) is 11.5 Å². The minimum absolute atomic E-state index is 0.0322. The number of hydrogen-bond acceptors (Lipinski definition) is 12. The van der Waals surface area contributed by atoms with E-state index in [1.165, 1.54) is 34.6 Å². The summed E-state index contributed by atoms with van der Waals surface area (Å²) in [5.74, 6) is -3.11. The highest BCUT2D eigenvalue weighted by Crippen LogP contribution is 3.02. The number of aromatic hydroxyl groups is 3. The third kappa shape index (κ3) is 6.75. The van der Waals surface area contributed by atoms with Crippen molar-refractivity contribution >= 4 is 50.2 Å². The summed E-state index contributed by atoms with van der Waals surface area (Å²) >= 11 is 0.